The van der Waals surface area contributed by atoms with Crippen LogP contribution in [0.1, 0.15) is 21.5 Å². The van der Waals surface area contributed by atoms with Gasteiger partial charge in [0, 0.05) is 25.0 Å². The van der Waals surface area contributed by atoms with Crippen LogP contribution in [0.15, 0.2) is 59.5 Å². The van der Waals surface area contributed by atoms with Gasteiger partial charge < -0.3 is 10.0 Å². The van der Waals surface area contributed by atoms with Crippen molar-refractivity contribution in [2.24, 2.45) is 0 Å². The van der Waals surface area contributed by atoms with Gasteiger partial charge in [-0.05, 0) is 41.8 Å². The maximum Gasteiger partial charge on any atom is 0.341 e. The van der Waals surface area contributed by atoms with Crippen LogP contribution in [-0.4, -0.2) is 22.0 Å². The highest BCUT2D eigenvalue weighted by molar-refractivity contribution is 5.88. The lowest BCUT2D eigenvalue weighted by atomic mass is 10.1. The second-order valence-electron chi connectivity index (χ2n) is 5.95. The average Bonchev–Trinajstić information content (AvgIpc) is 3.00. The van der Waals surface area contributed by atoms with Gasteiger partial charge in [-0.2, -0.15) is 0 Å². The fraction of sp³-hybridized carbons (Fsp3) is 0.158. The molecule has 1 aliphatic heterocycles. The molecule has 120 valence electrons. The third-order valence-electron chi connectivity index (χ3n) is 4.53. The Morgan fingerprint density at radius 3 is 2.75 bits per heavy atom. The van der Waals surface area contributed by atoms with E-state index in [1.54, 1.807) is 12.3 Å². The Kier molecular flexibility index (Phi) is 3.34. The minimum atomic E-state index is -1.19. The van der Waals surface area contributed by atoms with Gasteiger partial charge in [0.2, 0.25) is 0 Å². The van der Waals surface area contributed by atoms with Crippen LogP contribution < -0.4 is 10.5 Å². The van der Waals surface area contributed by atoms with Crippen molar-refractivity contribution in [2.75, 3.05) is 11.4 Å². The first-order valence-electron chi connectivity index (χ1n) is 7.84. The number of carboxylic acid groups (broad SMARTS) is 1. The Bertz CT molecular complexity index is 1010. The standard InChI is InChI=1S/C19H16N2O3/c22-18-15(19(23)24)11-14(17-7-3-4-9-21(17)18)12-20-10-8-13-5-1-2-6-16(13)20/h1-7,9,11H,8,10,12H2,(H,23,24). The van der Waals surface area contributed by atoms with Crippen molar-refractivity contribution >= 4 is 17.2 Å². The van der Waals surface area contributed by atoms with Gasteiger partial charge >= 0.3 is 5.97 Å². The average molecular weight is 320 g/mol. The highest BCUT2D eigenvalue weighted by atomic mass is 16.4. The third-order valence-corrected chi connectivity index (χ3v) is 4.53. The monoisotopic (exact) mass is 320 g/mol. The summed E-state index contributed by atoms with van der Waals surface area (Å²) in [6, 6.07) is 15.2. The molecule has 24 heavy (non-hydrogen) atoms. The zero-order valence-corrected chi connectivity index (χ0v) is 13.0. The summed E-state index contributed by atoms with van der Waals surface area (Å²) in [7, 11) is 0. The second kappa shape index (κ2) is 5.53. The summed E-state index contributed by atoms with van der Waals surface area (Å²) in [4.78, 5) is 26.0. The van der Waals surface area contributed by atoms with Gasteiger partial charge in [0.25, 0.3) is 5.56 Å². The van der Waals surface area contributed by atoms with Gasteiger partial charge in [-0.3, -0.25) is 9.20 Å². The van der Waals surface area contributed by atoms with Crippen LogP contribution in [0.2, 0.25) is 0 Å². The van der Waals surface area contributed by atoms with Gasteiger partial charge in [-0.15, -0.1) is 0 Å². The highest BCUT2D eigenvalue weighted by Crippen LogP contribution is 2.29. The zero-order valence-electron chi connectivity index (χ0n) is 13.0. The molecule has 0 fully saturated rings. The first-order chi connectivity index (χ1) is 11.6. The van der Waals surface area contributed by atoms with E-state index in [1.165, 1.54) is 21.7 Å². The first kappa shape index (κ1) is 14.5. The molecule has 0 radical (unpaired) electrons. The predicted octanol–water partition coefficient (Wildman–Crippen LogP) is 2.56. The molecule has 3 aromatic rings. The van der Waals surface area contributed by atoms with Crippen LogP contribution in [0.4, 0.5) is 5.69 Å². The topological polar surface area (TPSA) is 62.0 Å². The van der Waals surface area contributed by atoms with Gasteiger partial charge in [-0.25, -0.2) is 4.79 Å². The number of aromatic carboxylic acids is 1. The Balaban J connectivity index is 1.84. The van der Waals surface area contributed by atoms with Gasteiger partial charge in [0.05, 0.1) is 5.52 Å². The summed E-state index contributed by atoms with van der Waals surface area (Å²) >= 11 is 0. The van der Waals surface area contributed by atoms with E-state index < -0.39 is 11.5 Å². The maximum atomic E-state index is 12.3. The van der Waals surface area contributed by atoms with Gasteiger partial charge in [-0.1, -0.05) is 24.3 Å². The summed E-state index contributed by atoms with van der Waals surface area (Å²) < 4.78 is 1.42. The Morgan fingerprint density at radius 2 is 1.92 bits per heavy atom. The van der Waals surface area contributed by atoms with E-state index in [2.05, 4.69) is 17.0 Å². The predicted molar refractivity (Wildman–Crippen MR) is 91.8 cm³/mol. The number of nitrogens with zero attached hydrogens (tertiary/aromatic N) is 2. The number of aromatic nitrogens is 1. The van der Waals surface area contributed by atoms with E-state index in [9.17, 15) is 14.7 Å². The van der Waals surface area contributed by atoms with E-state index in [0.717, 1.165) is 24.0 Å². The third kappa shape index (κ3) is 2.25. The van der Waals surface area contributed by atoms with Gasteiger partial charge in [0.1, 0.15) is 5.56 Å². The number of fused-ring (bicyclic) bond motifs is 2. The number of hydrogen-bond acceptors (Lipinski definition) is 3. The summed E-state index contributed by atoms with van der Waals surface area (Å²) in [5.74, 6) is -1.19. The Hall–Kier alpha value is -3.08. The Morgan fingerprint density at radius 1 is 1.12 bits per heavy atom. The summed E-state index contributed by atoms with van der Waals surface area (Å²) in [6.07, 6.45) is 2.60. The number of carbonyl (C=O) groups is 1. The number of rotatable bonds is 3. The second-order valence-corrected chi connectivity index (χ2v) is 5.95. The zero-order chi connectivity index (χ0) is 16.7. The molecule has 4 rings (SSSR count). The van der Waals surface area contributed by atoms with Crippen LogP contribution in [-0.2, 0) is 13.0 Å². The quantitative estimate of drug-likeness (QED) is 0.806. The van der Waals surface area contributed by atoms with Crippen molar-refractivity contribution < 1.29 is 9.90 Å². The number of hydrogen-bond donors (Lipinski definition) is 1. The van der Waals surface area contributed by atoms with Crippen molar-refractivity contribution in [2.45, 2.75) is 13.0 Å². The fourth-order valence-corrected chi connectivity index (χ4v) is 3.38. The minimum Gasteiger partial charge on any atom is -0.477 e. The molecule has 5 nitrogen and oxygen atoms in total. The van der Waals surface area contributed by atoms with Crippen LogP contribution in [0.3, 0.4) is 0 Å². The number of para-hydroxylation sites is 1. The molecule has 1 aromatic carbocycles. The van der Waals surface area contributed by atoms with Gasteiger partial charge in [0.15, 0.2) is 0 Å². The van der Waals surface area contributed by atoms with Crippen LogP contribution in [0.25, 0.3) is 5.52 Å². The lowest BCUT2D eigenvalue weighted by Crippen LogP contribution is -2.26. The molecule has 0 saturated carbocycles. The maximum absolute atomic E-state index is 12.3. The summed E-state index contributed by atoms with van der Waals surface area (Å²) in [6.45, 7) is 1.46. The van der Waals surface area contributed by atoms with Crippen LogP contribution >= 0.6 is 0 Å². The molecular weight excluding hydrogens is 304 g/mol. The number of carboxylic acids is 1. The molecule has 2 aromatic heterocycles. The van der Waals surface area contributed by atoms with E-state index in [1.807, 2.05) is 24.3 Å². The molecule has 0 unspecified atom stereocenters. The summed E-state index contributed by atoms with van der Waals surface area (Å²) in [5, 5.41) is 9.34. The number of pyridine rings is 2. The molecule has 0 spiro atoms. The Labute approximate surface area is 138 Å². The van der Waals surface area contributed by atoms with E-state index in [-0.39, 0.29) is 5.56 Å². The number of anilines is 1. The molecule has 0 atom stereocenters. The van der Waals surface area contributed by atoms with E-state index in [4.69, 9.17) is 0 Å². The molecule has 1 aliphatic rings. The van der Waals surface area contributed by atoms with Crippen molar-refractivity contribution in [1.29, 1.82) is 0 Å². The van der Waals surface area contributed by atoms with E-state index in [0.29, 0.717) is 6.54 Å². The summed E-state index contributed by atoms with van der Waals surface area (Å²) in [5.41, 5.74) is 3.37. The molecule has 5 heteroatoms. The first-order valence-corrected chi connectivity index (χ1v) is 7.84. The molecule has 0 aliphatic carbocycles. The lowest BCUT2D eigenvalue weighted by Gasteiger charge is -2.21. The van der Waals surface area contributed by atoms with Crippen molar-refractivity contribution in [3.8, 4) is 0 Å². The minimum absolute atomic E-state index is 0.193. The van der Waals surface area contributed by atoms with Crippen molar-refractivity contribution in [3.05, 3.63) is 81.8 Å². The fourth-order valence-electron chi connectivity index (χ4n) is 3.38. The SMILES string of the molecule is O=C(O)c1cc(CN2CCc3ccccc32)c2ccccn2c1=O. The molecule has 0 bridgehead atoms. The van der Waals surface area contributed by atoms with E-state index >= 15 is 0 Å². The van der Waals surface area contributed by atoms with Crippen LogP contribution in [0.5, 0.6) is 0 Å². The molecule has 3 heterocycles. The highest BCUT2D eigenvalue weighted by Gasteiger charge is 2.21. The normalized spacial score (nSPS) is 13.2. The van der Waals surface area contributed by atoms with Crippen molar-refractivity contribution in [1.82, 2.24) is 4.40 Å². The smallest absolute Gasteiger partial charge is 0.341 e. The molecule has 0 amide bonds. The molecule has 0 saturated heterocycles. The molecule has 1 N–H and O–H groups in total. The van der Waals surface area contributed by atoms with Crippen molar-refractivity contribution in [3.63, 3.8) is 0 Å². The number of benzene rings is 1. The van der Waals surface area contributed by atoms with Crippen LogP contribution in [0, 0.1) is 0 Å². The lowest BCUT2D eigenvalue weighted by molar-refractivity contribution is 0.0694. The molecular formula is C19H16N2O3. The largest absolute Gasteiger partial charge is 0.477 e.